The van der Waals surface area contributed by atoms with Gasteiger partial charge in [0.25, 0.3) is 5.91 Å². The Morgan fingerprint density at radius 2 is 1.95 bits per heavy atom. The molecule has 116 valence electrons. The first-order valence-electron chi connectivity index (χ1n) is 7.35. The molecular formula is C16H24N2O3. The second-order valence-electron chi connectivity index (χ2n) is 5.04. The fraction of sp³-hybridized carbons (Fsp3) is 0.500. The molecule has 1 unspecified atom stereocenters. The highest BCUT2D eigenvalue weighted by Crippen LogP contribution is 2.15. The smallest absolute Gasteiger partial charge is 0.303 e. The van der Waals surface area contributed by atoms with Gasteiger partial charge in [0.15, 0.2) is 0 Å². The first-order chi connectivity index (χ1) is 9.97. The van der Waals surface area contributed by atoms with Gasteiger partial charge in [0.05, 0.1) is 0 Å². The monoisotopic (exact) mass is 292 g/mol. The first-order valence-corrected chi connectivity index (χ1v) is 7.35. The molecule has 0 heterocycles. The lowest BCUT2D eigenvalue weighted by Gasteiger charge is -2.20. The number of carbonyl (C=O) groups is 2. The number of hydrogen-bond donors (Lipinski definition) is 2. The highest BCUT2D eigenvalue weighted by Gasteiger charge is 2.13. The predicted octanol–water partition coefficient (Wildman–Crippen LogP) is 2.83. The van der Waals surface area contributed by atoms with Gasteiger partial charge in [0.1, 0.15) is 0 Å². The molecular weight excluding hydrogens is 268 g/mol. The Labute approximate surface area is 126 Å². The maximum atomic E-state index is 12.3. The van der Waals surface area contributed by atoms with Gasteiger partial charge in [0, 0.05) is 36.8 Å². The topological polar surface area (TPSA) is 69.6 Å². The normalized spacial score (nSPS) is 11.8. The van der Waals surface area contributed by atoms with E-state index in [-0.39, 0.29) is 18.4 Å². The summed E-state index contributed by atoms with van der Waals surface area (Å²) in [5, 5.41) is 11.9. The molecule has 0 fully saturated rings. The Kier molecular flexibility index (Phi) is 6.72. The van der Waals surface area contributed by atoms with Gasteiger partial charge in [-0.2, -0.15) is 0 Å². The summed E-state index contributed by atoms with van der Waals surface area (Å²) in [6, 6.07) is 7.38. The molecule has 0 saturated carbocycles. The molecule has 0 aliphatic heterocycles. The summed E-state index contributed by atoms with van der Waals surface area (Å²) in [6.45, 7) is 7.21. The van der Waals surface area contributed by atoms with E-state index in [1.54, 1.807) is 11.0 Å². The molecule has 21 heavy (non-hydrogen) atoms. The van der Waals surface area contributed by atoms with E-state index in [2.05, 4.69) is 5.32 Å². The summed E-state index contributed by atoms with van der Waals surface area (Å²) in [5.41, 5.74) is 1.49. The van der Waals surface area contributed by atoms with E-state index in [1.165, 1.54) is 0 Å². The van der Waals surface area contributed by atoms with Gasteiger partial charge in [0.2, 0.25) is 0 Å². The number of rotatable bonds is 8. The van der Waals surface area contributed by atoms with E-state index in [1.807, 2.05) is 39.0 Å². The quantitative estimate of drug-likeness (QED) is 0.773. The van der Waals surface area contributed by atoms with Crippen LogP contribution in [-0.4, -0.2) is 41.0 Å². The van der Waals surface area contributed by atoms with Crippen molar-refractivity contribution < 1.29 is 14.7 Å². The number of aliphatic carboxylic acids is 1. The van der Waals surface area contributed by atoms with Gasteiger partial charge in [-0.25, -0.2) is 0 Å². The Balaban J connectivity index is 2.72. The van der Waals surface area contributed by atoms with Gasteiger partial charge >= 0.3 is 5.97 Å². The summed E-state index contributed by atoms with van der Waals surface area (Å²) < 4.78 is 0. The minimum atomic E-state index is -0.797. The fourth-order valence-corrected chi connectivity index (χ4v) is 2.13. The maximum absolute atomic E-state index is 12.3. The minimum Gasteiger partial charge on any atom is -0.481 e. The molecule has 0 bridgehead atoms. The number of hydrogen-bond acceptors (Lipinski definition) is 3. The average molecular weight is 292 g/mol. The summed E-state index contributed by atoms with van der Waals surface area (Å²) >= 11 is 0. The minimum absolute atomic E-state index is 0.0156. The third kappa shape index (κ3) is 5.45. The van der Waals surface area contributed by atoms with Gasteiger partial charge in [-0.1, -0.05) is 6.07 Å². The lowest BCUT2D eigenvalue weighted by molar-refractivity contribution is -0.137. The summed E-state index contributed by atoms with van der Waals surface area (Å²) in [7, 11) is 0. The van der Waals surface area contributed by atoms with Crippen LogP contribution in [0.15, 0.2) is 24.3 Å². The van der Waals surface area contributed by atoms with Crippen LogP contribution >= 0.6 is 0 Å². The van der Waals surface area contributed by atoms with Crippen LogP contribution in [0.4, 0.5) is 5.69 Å². The van der Waals surface area contributed by atoms with Crippen LogP contribution in [0.25, 0.3) is 0 Å². The van der Waals surface area contributed by atoms with Crippen molar-refractivity contribution in [1.29, 1.82) is 0 Å². The lowest BCUT2D eigenvalue weighted by atomic mass is 10.1. The highest BCUT2D eigenvalue weighted by molar-refractivity contribution is 5.95. The third-order valence-corrected chi connectivity index (χ3v) is 3.36. The van der Waals surface area contributed by atoms with Crippen molar-refractivity contribution in [1.82, 2.24) is 4.90 Å². The SMILES string of the molecule is CCN(CC)C(=O)c1cccc(NC(C)CCC(=O)O)c1. The van der Waals surface area contributed by atoms with Crippen molar-refractivity contribution in [3.8, 4) is 0 Å². The molecule has 0 saturated heterocycles. The Morgan fingerprint density at radius 3 is 2.52 bits per heavy atom. The van der Waals surface area contributed by atoms with E-state index in [4.69, 9.17) is 5.11 Å². The molecule has 0 aliphatic rings. The van der Waals surface area contributed by atoms with E-state index in [9.17, 15) is 9.59 Å². The molecule has 1 aromatic rings. The fourth-order valence-electron chi connectivity index (χ4n) is 2.13. The van der Waals surface area contributed by atoms with E-state index >= 15 is 0 Å². The van der Waals surface area contributed by atoms with Crippen LogP contribution in [0.3, 0.4) is 0 Å². The molecule has 0 radical (unpaired) electrons. The molecule has 5 heteroatoms. The van der Waals surface area contributed by atoms with Crippen molar-refractivity contribution in [2.45, 2.75) is 39.7 Å². The number of carbonyl (C=O) groups excluding carboxylic acids is 1. The number of nitrogens with zero attached hydrogens (tertiary/aromatic N) is 1. The largest absolute Gasteiger partial charge is 0.481 e. The van der Waals surface area contributed by atoms with Gasteiger partial charge < -0.3 is 15.3 Å². The van der Waals surface area contributed by atoms with Crippen molar-refractivity contribution in [2.75, 3.05) is 18.4 Å². The molecule has 0 spiro atoms. The van der Waals surface area contributed by atoms with E-state index in [0.717, 1.165) is 5.69 Å². The van der Waals surface area contributed by atoms with Crippen molar-refractivity contribution in [3.63, 3.8) is 0 Å². The second-order valence-corrected chi connectivity index (χ2v) is 5.04. The van der Waals surface area contributed by atoms with E-state index < -0.39 is 5.97 Å². The number of amides is 1. The molecule has 1 rings (SSSR count). The highest BCUT2D eigenvalue weighted by atomic mass is 16.4. The van der Waals surface area contributed by atoms with Crippen LogP contribution < -0.4 is 5.32 Å². The third-order valence-electron chi connectivity index (χ3n) is 3.36. The zero-order valence-electron chi connectivity index (χ0n) is 12.9. The molecule has 1 aromatic carbocycles. The predicted molar refractivity (Wildman–Crippen MR) is 83.6 cm³/mol. The zero-order chi connectivity index (χ0) is 15.8. The standard InChI is InChI=1S/C16H24N2O3/c1-4-18(5-2)16(21)13-7-6-8-14(11-13)17-12(3)9-10-15(19)20/h6-8,11-12,17H,4-5,9-10H2,1-3H3,(H,19,20). The summed E-state index contributed by atoms with van der Waals surface area (Å²) in [4.78, 5) is 24.6. The summed E-state index contributed by atoms with van der Waals surface area (Å²) in [5.74, 6) is -0.782. The molecule has 2 N–H and O–H groups in total. The van der Waals surface area contributed by atoms with Gasteiger partial charge in [-0.3, -0.25) is 9.59 Å². The molecule has 1 amide bonds. The van der Waals surface area contributed by atoms with Crippen molar-refractivity contribution in [3.05, 3.63) is 29.8 Å². The van der Waals surface area contributed by atoms with Crippen LogP contribution in [0.2, 0.25) is 0 Å². The molecule has 5 nitrogen and oxygen atoms in total. The van der Waals surface area contributed by atoms with Crippen LogP contribution in [0.1, 0.15) is 44.0 Å². The maximum Gasteiger partial charge on any atom is 0.303 e. The number of anilines is 1. The van der Waals surface area contributed by atoms with E-state index in [0.29, 0.717) is 25.1 Å². The van der Waals surface area contributed by atoms with Crippen LogP contribution in [-0.2, 0) is 4.79 Å². The van der Waals surface area contributed by atoms with Crippen LogP contribution in [0, 0.1) is 0 Å². The molecule has 1 atom stereocenters. The number of carboxylic acid groups (broad SMARTS) is 1. The number of benzene rings is 1. The zero-order valence-corrected chi connectivity index (χ0v) is 12.9. The Morgan fingerprint density at radius 1 is 1.29 bits per heavy atom. The Bertz CT molecular complexity index is 484. The van der Waals surface area contributed by atoms with Gasteiger partial charge in [-0.05, 0) is 45.4 Å². The average Bonchev–Trinajstić information content (AvgIpc) is 2.46. The second kappa shape index (κ2) is 8.29. The molecule has 0 aromatic heterocycles. The summed E-state index contributed by atoms with van der Waals surface area (Å²) in [6.07, 6.45) is 0.676. The van der Waals surface area contributed by atoms with Crippen LogP contribution in [0.5, 0.6) is 0 Å². The van der Waals surface area contributed by atoms with Crippen molar-refractivity contribution in [2.24, 2.45) is 0 Å². The number of nitrogens with one attached hydrogen (secondary N) is 1. The first kappa shape index (κ1) is 17.0. The van der Waals surface area contributed by atoms with Crippen molar-refractivity contribution >= 4 is 17.6 Å². The number of carboxylic acids is 1. The Hall–Kier alpha value is -2.04. The molecule has 0 aliphatic carbocycles. The van der Waals surface area contributed by atoms with Gasteiger partial charge in [-0.15, -0.1) is 0 Å². The lowest BCUT2D eigenvalue weighted by Crippen LogP contribution is -2.30.